The second-order valence-electron chi connectivity index (χ2n) is 4.12. The van der Waals surface area contributed by atoms with Crippen molar-refractivity contribution in [3.63, 3.8) is 0 Å². The van der Waals surface area contributed by atoms with Crippen LogP contribution >= 0.6 is 0 Å². The van der Waals surface area contributed by atoms with Crippen LogP contribution in [0.15, 0.2) is 66.8 Å². The molecule has 0 N–H and O–H groups in total. The maximum absolute atomic E-state index is 7.61. The Kier molecular flexibility index (Phi) is 2.30. The molecule has 3 aromatic rings. The fraction of sp³-hybridized carbons (Fsp3) is 0.0625. The average molecular weight is 220 g/mol. The molecule has 0 fully saturated rings. The van der Waals surface area contributed by atoms with Crippen LogP contribution in [0.1, 0.15) is 12.5 Å². The summed E-state index contributed by atoms with van der Waals surface area (Å²) in [6.07, 6.45) is 2.50. The lowest BCUT2D eigenvalue weighted by Gasteiger charge is -2.03. The number of fused-ring (bicyclic) bond motifs is 1. The number of rotatable bonds is 2. The highest BCUT2D eigenvalue weighted by molar-refractivity contribution is 5.79. The zero-order valence-electron chi connectivity index (χ0n) is 10.4. The molecule has 17 heavy (non-hydrogen) atoms. The third-order valence-corrected chi connectivity index (χ3v) is 2.86. The largest absolute Gasteiger partial charge is 0.256 e. The first-order chi connectivity index (χ1) is 8.81. The van der Waals surface area contributed by atoms with Crippen molar-refractivity contribution in [2.45, 2.75) is 6.42 Å². The molecule has 0 spiro atoms. The average Bonchev–Trinajstić information content (AvgIpc) is 2.39. The van der Waals surface area contributed by atoms with Gasteiger partial charge in [-0.05, 0) is 35.7 Å². The molecule has 1 nitrogen and oxygen atoms in total. The lowest BCUT2D eigenvalue weighted by molar-refractivity contribution is 1.20. The standard InChI is InChI=1S/C16H13N/c1-2-5-13(6-3-1)11-14-8-9-16-15(12-14)7-4-10-17-16/h1-10,12H,11H2/i4D. The first kappa shape index (κ1) is 8.94. The number of pyridine rings is 1. The van der Waals surface area contributed by atoms with E-state index in [0.717, 1.165) is 17.3 Å². The van der Waals surface area contributed by atoms with Gasteiger partial charge in [0.25, 0.3) is 0 Å². The van der Waals surface area contributed by atoms with E-state index in [1.165, 1.54) is 11.1 Å². The van der Waals surface area contributed by atoms with E-state index < -0.39 is 0 Å². The minimum atomic E-state index is 0.458. The minimum absolute atomic E-state index is 0.458. The van der Waals surface area contributed by atoms with Crippen LogP contribution in [0.4, 0.5) is 0 Å². The molecule has 82 valence electrons. The predicted octanol–water partition coefficient (Wildman–Crippen LogP) is 3.83. The molecule has 2 aromatic carbocycles. The monoisotopic (exact) mass is 220 g/mol. The van der Waals surface area contributed by atoms with Crippen LogP contribution in [-0.2, 0) is 6.42 Å². The summed E-state index contributed by atoms with van der Waals surface area (Å²) in [5.41, 5.74) is 3.50. The molecule has 0 bridgehead atoms. The lowest BCUT2D eigenvalue weighted by Crippen LogP contribution is -1.88. The number of nitrogens with zero attached hydrogens (tertiary/aromatic N) is 1. The first-order valence-electron chi connectivity index (χ1n) is 6.20. The molecule has 0 aliphatic carbocycles. The summed E-state index contributed by atoms with van der Waals surface area (Å²) >= 11 is 0. The van der Waals surface area contributed by atoms with Gasteiger partial charge in [-0.2, -0.15) is 0 Å². The van der Waals surface area contributed by atoms with E-state index in [2.05, 4.69) is 41.4 Å². The summed E-state index contributed by atoms with van der Waals surface area (Å²) in [7, 11) is 0. The van der Waals surface area contributed by atoms with E-state index >= 15 is 0 Å². The van der Waals surface area contributed by atoms with Crippen LogP contribution in [0, 0.1) is 0 Å². The highest BCUT2D eigenvalue weighted by Crippen LogP contribution is 2.16. The fourth-order valence-electron chi connectivity index (χ4n) is 2.01. The van der Waals surface area contributed by atoms with Gasteiger partial charge in [0.2, 0.25) is 0 Å². The van der Waals surface area contributed by atoms with Crippen LogP contribution in [0.25, 0.3) is 10.9 Å². The zero-order valence-corrected chi connectivity index (χ0v) is 9.43. The Balaban J connectivity index is 1.98. The Bertz CT molecular complexity index is 677. The second kappa shape index (κ2) is 4.38. The Morgan fingerprint density at radius 1 is 0.941 bits per heavy atom. The van der Waals surface area contributed by atoms with Crippen molar-refractivity contribution in [1.82, 2.24) is 4.98 Å². The molecule has 0 saturated carbocycles. The molecule has 1 heteroatoms. The van der Waals surface area contributed by atoms with Crippen LogP contribution in [0.5, 0.6) is 0 Å². The van der Waals surface area contributed by atoms with E-state index in [1.807, 2.05) is 18.2 Å². The summed E-state index contributed by atoms with van der Waals surface area (Å²) in [5.74, 6) is 0. The third-order valence-electron chi connectivity index (χ3n) is 2.86. The quantitative estimate of drug-likeness (QED) is 0.639. The van der Waals surface area contributed by atoms with Crippen molar-refractivity contribution in [1.29, 1.82) is 0 Å². The van der Waals surface area contributed by atoms with Crippen molar-refractivity contribution in [3.8, 4) is 0 Å². The molecule has 1 aromatic heterocycles. The Hall–Kier alpha value is -2.15. The van der Waals surface area contributed by atoms with Crippen molar-refractivity contribution in [2.75, 3.05) is 0 Å². The SMILES string of the molecule is [2H]c1cnc2ccc(Cc3ccccc3)cc2c1. The smallest absolute Gasteiger partial charge is 0.0702 e. The van der Waals surface area contributed by atoms with Crippen molar-refractivity contribution in [2.24, 2.45) is 0 Å². The summed E-state index contributed by atoms with van der Waals surface area (Å²) in [6.45, 7) is 0. The van der Waals surface area contributed by atoms with E-state index in [4.69, 9.17) is 1.37 Å². The molecule has 0 atom stereocenters. The highest BCUT2D eigenvalue weighted by Gasteiger charge is 1.98. The number of benzene rings is 2. The summed E-state index contributed by atoms with van der Waals surface area (Å²) in [5, 5.41) is 1.04. The predicted molar refractivity (Wildman–Crippen MR) is 71.0 cm³/mol. The van der Waals surface area contributed by atoms with Gasteiger partial charge in [-0.25, -0.2) is 0 Å². The van der Waals surface area contributed by atoms with E-state index in [9.17, 15) is 0 Å². The third kappa shape index (κ3) is 2.18. The van der Waals surface area contributed by atoms with E-state index in [1.54, 1.807) is 6.20 Å². The van der Waals surface area contributed by atoms with Gasteiger partial charge >= 0.3 is 0 Å². The molecule has 0 unspecified atom stereocenters. The molecule has 0 saturated heterocycles. The van der Waals surface area contributed by atoms with Crippen molar-refractivity contribution >= 4 is 10.9 Å². The van der Waals surface area contributed by atoms with Gasteiger partial charge in [0, 0.05) is 11.6 Å². The fourth-order valence-corrected chi connectivity index (χ4v) is 2.01. The van der Waals surface area contributed by atoms with Gasteiger partial charge in [-0.3, -0.25) is 4.98 Å². The molecule has 1 heterocycles. The van der Waals surface area contributed by atoms with Gasteiger partial charge in [0.1, 0.15) is 0 Å². The molecular formula is C16H13N. The first-order valence-corrected chi connectivity index (χ1v) is 5.70. The minimum Gasteiger partial charge on any atom is -0.256 e. The zero-order chi connectivity index (χ0) is 12.4. The maximum atomic E-state index is 7.61. The van der Waals surface area contributed by atoms with Gasteiger partial charge in [0.05, 0.1) is 6.89 Å². The van der Waals surface area contributed by atoms with Crippen LogP contribution in [0.2, 0.25) is 0 Å². The molecular weight excluding hydrogens is 206 g/mol. The summed E-state index contributed by atoms with van der Waals surface area (Å²) in [6, 6.07) is 19.0. The Morgan fingerprint density at radius 3 is 2.71 bits per heavy atom. The van der Waals surface area contributed by atoms with E-state index in [0.29, 0.717) is 6.04 Å². The summed E-state index contributed by atoms with van der Waals surface area (Å²) < 4.78 is 7.61. The van der Waals surface area contributed by atoms with Gasteiger partial charge < -0.3 is 0 Å². The molecule has 0 aliphatic rings. The van der Waals surface area contributed by atoms with Gasteiger partial charge in [-0.1, -0.05) is 42.5 Å². The molecule has 3 rings (SSSR count). The maximum Gasteiger partial charge on any atom is 0.0702 e. The van der Waals surface area contributed by atoms with Crippen LogP contribution in [0.3, 0.4) is 0 Å². The molecule has 0 aliphatic heterocycles. The second-order valence-corrected chi connectivity index (χ2v) is 4.12. The number of hydrogen-bond acceptors (Lipinski definition) is 1. The normalized spacial score (nSPS) is 11.4. The van der Waals surface area contributed by atoms with Gasteiger partial charge in [0.15, 0.2) is 0 Å². The topological polar surface area (TPSA) is 12.9 Å². The Morgan fingerprint density at radius 2 is 1.82 bits per heavy atom. The van der Waals surface area contributed by atoms with E-state index in [-0.39, 0.29) is 0 Å². The number of aromatic nitrogens is 1. The molecule has 0 amide bonds. The lowest BCUT2D eigenvalue weighted by atomic mass is 10.0. The van der Waals surface area contributed by atoms with Crippen LogP contribution < -0.4 is 0 Å². The van der Waals surface area contributed by atoms with Gasteiger partial charge in [-0.15, -0.1) is 0 Å². The highest BCUT2D eigenvalue weighted by atomic mass is 14.6. The molecule has 0 radical (unpaired) electrons. The van der Waals surface area contributed by atoms with Crippen molar-refractivity contribution < 1.29 is 1.37 Å². The number of hydrogen-bond donors (Lipinski definition) is 0. The summed E-state index contributed by atoms with van der Waals surface area (Å²) in [4.78, 5) is 4.24. The van der Waals surface area contributed by atoms with Crippen molar-refractivity contribution in [3.05, 3.63) is 78.0 Å². The Labute approximate surface area is 102 Å². The van der Waals surface area contributed by atoms with Crippen LogP contribution in [-0.4, -0.2) is 4.98 Å².